The molecule has 0 aromatic carbocycles. The molecule has 2 unspecified atom stereocenters. The largest absolute Gasteiger partial charge is 0.310 e. The van der Waals surface area contributed by atoms with Gasteiger partial charge < -0.3 is 5.32 Å². The van der Waals surface area contributed by atoms with Crippen LogP contribution in [0.1, 0.15) is 64.6 Å². The highest BCUT2D eigenvalue weighted by Crippen LogP contribution is 2.33. The molecule has 0 aliphatic rings. The fourth-order valence-corrected chi connectivity index (χ4v) is 2.19. The van der Waals surface area contributed by atoms with E-state index in [4.69, 9.17) is 0 Å². The lowest BCUT2D eigenvalue weighted by atomic mass is 9.77. The number of pyridine rings is 1. The van der Waals surface area contributed by atoms with Crippen molar-refractivity contribution in [3.05, 3.63) is 29.6 Å². The summed E-state index contributed by atoms with van der Waals surface area (Å²) in [5.41, 5.74) is 3.04. The van der Waals surface area contributed by atoms with Gasteiger partial charge in [0.25, 0.3) is 0 Å². The molecule has 0 fully saturated rings. The van der Waals surface area contributed by atoms with Crippen LogP contribution >= 0.6 is 0 Å². The molecule has 1 aromatic heterocycles. The molecule has 0 saturated carbocycles. The molecule has 0 spiro atoms. The first-order valence-electron chi connectivity index (χ1n) is 7.50. The Morgan fingerprint density at radius 1 is 1.32 bits per heavy atom. The summed E-state index contributed by atoms with van der Waals surface area (Å²) < 4.78 is 0. The average Bonchev–Trinajstić information content (AvgIpc) is 2.34. The lowest BCUT2D eigenvalue weighted by Crippen LogP contribution is -2.28. The molecule has 1 aromatic rings. The van der Waals surface area contributed by atoms with Crippen molar-refractivity contribution >= 4 is 0 Å². The van der Waals surface area contributed by atoms with Crippen LogP contribution in [-0.4, -0.2) is 11.5 Å². The van der Waals surface area contributed by atoms with E-state index in [9.17, 15) is 0 Å². The molecule has 1 rings (SSSR count). The van der Waals surface area contributed by atoms with Crippen LogP contribution < -0.4 is 5.32 Å². The minimum atomic E-state index is 0.349. The maximum Gasteiger partial charge on any atom is 0.0340 e. The lowest BCUT2D eigenvalue weighted by Gasteiger charge is -2.32. The van der Waals surface area contributed by atoms with Gasteiger partial charge in [-0.25, -0.2) is 0 Å². The third kappa shape index (κ3) is 4.94. The van der Waals surface area contributed by atoms with E-state index >= 15 is 0 Å². The Morgan fingerprint density at radius 3 is 2.53 bits per heavy atom. The third-order valence-electron chi connectivity index (χ3n) is 4.16. The van der Waals surface area contributed by atoms with Crippen molar-refractivity contribution in [2.24, 2.45) is 11.3 Å². The summed E-state index contributed by atoms with van der Waals surface area (Å²) >= 11 is 0. The number of aryl methyl sites for hydroxylation is 1. The summed E-state index contributed by atoms with van der Waals surface area (Å²) in [5.74, 6) is 0.668. The van der Waals surface area contributed by atoms with Gasteiger partial charge in [0.1, 0.15) is 0 Å². The van der Waals surface area contributed by atoms with Gasteiger partial charge in [0.15, 0.2) is 0 Å². The zero-order chi connectivity index (χ0) is 14.5. The first-order valence-corrected chi connectivity index (χ1v) is 7.50. The normalized spacial score (nSPS) is 15.3. The van der Waals surface area contributed by atoms with Crippen molar-refractivity contribution in [1.29, 1.82) is 0 Å². The Kier molecular flexibility index (Phi) is 5.99. The van der Waals surface area contributed by atoms with E-state index in [1.165, 1.54) is 17.5 Å². The van der Waals surface area contributed by atoms with E-state index in [-0.39, 0.29) is 0 Å². The zero-order valence-corrected chi connectivity index (χ0v) is 13.5. The highest BCUT2D eigenvalue weighted by molar-refractivity contribution is 5.25. The highest BCUT2D eigenvalue weighted by atomic mass is 14.9. The molecule has 1 N–H and O–H groups in total. The molecule has 0 bridgehead atoms. The molecular weight excluding hydrogens is 232 g/mol. The number of aromatic nitrogens is 1. The zero-order valence-electron chi connectivity index (χ0n) is 13.5. The summed E-state index contributed by atoms with van der Waals surface area (Å²) in [6.45, 7) is 14.8. The van der Waals surface area contributed by atoms with E-state index in [1.807, 2.05) is 12.4 Å². The Bertz CT molecular complexity index is 379. The molecule has 0 aliphatic heterocycles. The number of nitrogens with one attached hydrogen (secondary N) is 1. The molecule has 2 heteroatoms. The van der Waals surface area contributed by atoms with E-state index in [0.29, 0.717) is 17.4 Å². The van der Waals surface area contributed by atoms with Crippen molar-refractivity contribution in [2.45, 2.75) is 60.4 Å². The van der Waals surface area contributed by atoms with Crippen LogP contribution in [0.3, 0.4) is 0 Å². The first-order chi connectivity index (χ1) is 8.86. The van der Waals surface area contributed by atoms with Gasteiger partial charge in [0, 0.05) is 18.4 Å². The molecular formula is C17H30N2. The minimum Gasteiger partial charge on any atom is -0.310 e. The van der Waals surface area contributed by atoms with Crippen molar-refractivity contribution in [3.8, 4) is 0 Å². The minimum absolute atomic E-state index is 0.349. The van der Waals surface area contributed by atoms with Crippen LogP contribution in [0.5, 0.6) is 0 Å². The summed E-state index contributed by atoms with van der Waals surface area (Å²) in [7, 11) is 0. The summed E-state index contributed by atoms with van der Waals surface area (Å²) in [5, 5.41) is 3.69. The molecule has 0 aliphatic carbocycles. The van der Waals surface area contributed by atoms with Gasteiger partial charge in [0.05, 0.1) is 0 Å². The third-order valence-corrected chi connectivity index (χ3v) is 4.16. The SMILES string of the molecule is CCCNC(CC(C)C(C)(C)C)c1cnccc1C. The topological polar surface area (TPSA) is 24.9 Å². The fraction of sp³-hybridized carbons (Fsp3) is 0.706. The van der Waals surface area contributed by atoms with Crippen LogP contribution in [-0.2, 0) is 0 Å². The van der Waals surface area contributed by atoms with Crippen LogP contribution in [0.4, 0.5) is 0 Å². The number of hydrogen-bond donors (Lipinski definition) is 1. The lowest BCUT2D eigenvalue weighted by molar-refractivity contribution is 0.223. The standard InChI is InChI=1S/C17H30N2/c1-7-9-19-16(11-14(3)17(4,5)6)15-12-18-10-8-13(15)2/h8,10,12,14,16,19H,7,9,11H2,1-6H3. The Hall–Kier alpha value is -0.890. The fourth-order valence-electron chi connectivity index (χ4n) is 2.19. The molecule has 108 valence electrons. The molecule has 19 heavy (non-hydrogen) atoms. The van der Waals surface area contributed by atoms with E-state index < -0.39 is 0 Å². The average molecular weight is 262 g/mol. The van der Waals surface area contributed by atoms with E-state index in [2.05, 4.69) is 57.9 Å². The predicted molar refractivity (Wildman–Crippen MR) is 83.2 cm³/mol. The second-order valence-corrected chi connectivity index (χ2v) is 6.74. The maximum atomic E-state index is 4.30. The molecule has 0 saturated heterocycles. The van der Waals surface area contributed by atoms with Crippen molar-refractivity contribution in [3.63, 3.8) is 0 Å². The van der Waals surface area contributed by atoms with Crippen LogP contribution in [0.25, 0.3) is 0 Å². The second-order valence-electron chi connectivity index (χ2n) is 6.74. The van der Waals surface area contributed by atoms with Crippen molar-refractivity contribution < 1.29 is 0 Å². The number of hydrogen-bond acceptors (Lipinski definition) is 2. The predicted octanol–water partition coefficient (Wildman–Crippen LogP) is 4.50. The number of nitrogens with zero attached hydrogens (tertiary/aromatic N) is 1. The van der Waals surface area contributed by atoms with E-state index in [0.717, 1.165) is 13.0 Å². The Balaban J connectivity index is 2.86. The maximum absolute atomic E-state index is 4.30. The van der Waals surface area contributed by atoms with Gasteiger partial charge in [-0.3, -0.25) is 4.98 Å². The van der Waals surface area contributed by atoms with Crippen LogP contribution in [0.2, 0.25) is 0 Å². The molecule has 0 radical (unpaired) electrons. The van der Waals surface area contributed by atoms with Gasteiger partial charge >= 0.3 is 0 Å². The highest BCUT2D eigenvalue weighted by Gasteiger charge is 2.24. The smallest absolute Gasteiger partial charge is 0.0340 e. The van der Waals surface area contributed by atoms with Crippen LogP contribution in [0, 0.1) is 18.3 Å². The summed E-state index contributed by atoms with van der Waals surface area (Å²) in [6, 6.07) is 2.53. The van der Waals surface area contributed by atoms with Gasteiger partial charge in [-0.05, 0) is 54.8 Å². The van der Waals surface area contributed by atoms with Gasteiger partial charge in [-0.15, -0.1) is 0 Å². The Morgan fingerprint density at radius 2 is 2.00 bits per heavy atom. The van der Waals surface area contributed by atoms with Gasteiger partial charge in [-0.2, -0.15) is 0 Å². The molecule has 0 amide bonds. The Labute approximate surface area is 119 Å². The second kappa shape index (κ2) is 7.04. The summed E-state index contributed by atoms with van der Waals surface area (Å²) in [4.78, 5) is 4.30. The van der Waals surface area contributed by atoms with Crippen molar-refractivity contribution in [1.82, 2.24) is 10.3 Å². The summed E-state index contributed by atoms with van der Waals surface area (Å²) in [6.07, 6.45) is 6.23. The molecule has 2 nitrogen and oxygen atoms in total. The van der Waals surface area contributed by atoms with Gasteiger partial charge in [-0.1, -0.05) is 34.6 Å². The number of rotatable bonds is 6. The van der Waals surface area contributed by atoms with Gasteiger partial charge in [0.2, 0.25) is 0 Å². The van der Waals surface area contributed by atoms with Crippen molar-refractivity contribution in [2.75, 3.05) is 6.54 Å². The molecule has 2 atom stereocenters. The van der Waals surface area contributed by atoms with E-state index in [1.54, 1.807) is 0 Å². The first kappa shape index (κ1) is 16.2. The quantitative estimate of drug-likeness (QED) is 0.816. The molecule has 1 heterocycles. The monoisotopic (exact) mass is 262 g/mol. The van der Waals surface area contributed by atoms with Crippen LogP contribution in [0.15, 0.2) is 18.5 Å².